The molecule has 0 bridgehead atoms. The van der Waals surface area contributed by atoms with E-state index in [1.54, 1.807) is 13.1 Å². The van der Waals surface area contributed by atoms with E-state index in [2.05, 4.69) is 15.6 Å². The van der Waals surface area contributed by atoms with E-state index in [9.17, 15) is 9.18 Å². The molecule has 0 radical (unpaired) electrons. The number of hydrogen-bond donors (Lipinski definition) is 2. The molecule has 0 saturated heterocycles. The average Bonchev–Trinajstić information content (AvgIpc) is 2.47. The summed E-state index contributed by atoms with van der Waals surface area (Å²) in [5.74, 6) is -1.09. The lowest BCUT2D eigenvalue weighted by Crippen LogP contribution is -2.15. The van der Waals surface area contributed by atoms with Gasteiger partial charge in [-0.05, 0) is 30.2 Å². The first kappa shape index (κ1) is 14.0. The van der Waals surface area contributed by atoms with Crippen LogP contribution in [0, 0.1) is 5.82 Å². The Morgan fingerprint density at radius 1 is 1.35 bits per heavy atom. The van der Waals surface area contributed by atoms with Crippen LogP contribution < -0.4 is 10.6 Å². The standard InChI is InChI=1S/C15H16FN3O/c1-3-10-5-4-6-11(9-10)19-15(20)12-7-8-18-14(17-2)13(12)16/h4-9H,3H2,1-2H3,(H,17,18)(H,19,20). The highest BCUT2D eigenvalue weighted by molar-refractivity contribution is 6.04. The molecule has 104 valence electrons. The van der Waals surface area contributed by atoms with E-state index in [1.807, 2.05) is 25.1 Å². The predicted molar refractivity (Wildman–Crippen MR) is 77.5 cm³/mol. The summed E-state index contributed by atoms with van der Waals surface area (Å²) in [6, 6.07) is 8.83. The average molecular weight is 273 g/mol. The summed E-state index contributed by atoms with van der Waals surface area (Å²) in [5, 5.41) is 5.30. The van der Waals surface area contributed by atoms with Crippen molar-refractivity contribution in [2.45, 2.75) is 13.3 Å². The zero-order valence-corrected chi connectivity index (χ0v) is 11.4. The highest BCUT2D eigenvalue weighted by Crippen LogP contribution is 2.17. The highest BCUT2D eigenvalue weighted by atomic mass is 19.1. The molecule has 5 heteroatoms. The Bertz CT molecular complexity index is 628. The third-order valence-electron chi connectivity index (χ3n) is 2.96. The molecule has 20 heavy (non-hydrogen) atoms. The van der Waals surface area contributed by atoms with Gasteiger partial charge in [-0.25, -0.2) is 9.37 Å². The minimum atomic E-state index is -0.654. The fourth-order valence-corrected chi connectivity index (χ4v) is 1.86. The number of nitrogens with zero attached hydrogens (tertiary/aromatic N) is 1. The van der Waals surface area contributed by atoms with Crippen LogP contribution in [0.1, 0.15) is 22.8 Å². The first-order valence-electron chi connectivity index (χ1n) is 6.38. The van der Waals surface area contributed by atoms with Crippen molar-refractivity contribution in [2.75, 3.05) is 17.7 Å². The van der Waals surface area contributed by atoms with Crippen LogP contribution >= 0.6 is 0 Å². The number of pyridine rings is 1. The third-order valence-corrected chi connectivity index (χ3v) is 2.96. The van der Waals surface area contributed by atoms with Crippen molar-refractivity contribution >= 4 is 17.4 Å². The van der Waals surface area contributed by atoms with Crippen molar-refractivity contribution in [1.82, 2.24) is 4.98 Å². The van der Waals surface area contributed by atoms with Crippen molar-refractivity contribution in [3.63, 3.8) is 0 Å². The van der Waals surface area contributed by atoms with Gasteiger partial charge in [0.05, 0.1) is 5.56 Å². The van der Waals surface area contributed by atoms with Crippen LogP contribution in [0.15, 0.2) is 36.5 Å². The Balaban J connectivity index is 2.24. The molecule has 2 N–H and O–H groups in total. The minimum absolute atomic E-state index is 0.0359. The molecular weight excluding hydrogens is 257 g/mol. The second-order valence-electron chi connectivity index (χ2n) is 4.28. The molecule has 0 aliphatic carbocycles. The van der Waals surface area contributed by atoms with Crippen LogP contribution in [-0.2, 0) is 6.42 Å². The summed E-state index contributed by atoms with van der Waals surface area (Å²) in [5.41, 5.74) is 1.72. The Morgan fingerprint density at radius 3 is 2.85 bits per heavy atom. The number of halogens is 1. The molecule has 0 spiro atoms. The number of aromatic nitrogens is 1. The van der Waals surface area contributed by atoms with Crippen molar-refractivity contribution in [3.05, 3.63) is 53.5 Å². The van der Waals surface area contributed by atoms with Gasteiger partial charge in [-0.1, -0.05) is 19.1 Å². The number of aryl methyl sites for hydroxylation is 1. The lowest BCUT2D eigenvalue weighted by molar-refractivity contribution is 0.102. The molecule has 0 aliphatic heterocycles. The molecule has 0 saturated carbocycles. The van der Waals surface area contributed by atoms with E-state index >= 15 is 0 Å². The molecule has 4 nitrogen and oxygen atoms in total. The van der Waals surface area contributed by atoms with E-state index in [-0.39, 0.29) is 11.4 Å². The zero-order valence-electron chi connectivity index (χ0n) is 11.4. The molecule has 1 aromatic heterocycles. The van der Waals surface area contributed by atoms with Crippen molar-refractivity contribution in [1.29, 1.82) is 0 Å². The van der Waals surface area contributed by atoms with Gasteiger partial charge >= 0.3 is 0 Å². The highest BCUT2D eigenvalue weighted by Gasteiger charge is 2.15. The summed E-state index contributed by atoms with van der Waals surface area (Å²) in [6.07, 6.45) is 2.27. The topological polar surface area (TPSA) is 54.0 Å². The summed E-state index contributed by atoms with van der Waals surface area (Å²) in [6.45, 7) is 2.03. The predicted octanol–water partition coefficient (Wildman–Crippen LogP) is 3.08. The minimum Gasteiger partial charge on any atom is -0.371 e. The molecule has 0 atom stereocenters. The Kier molecular flexibility index (Phi) is 4.30. The lowest BCUT2D eigenvalue weighted by Gasteiger charge is -2.09. The largest absolute Gasteiger partial charge is 0.371 e. The maximum absolute atomic E-state index is 14.0. The normalized spacial score (nSPS) is 10.2. The molecule has 1 aromatic carbocycles. The summed E-state index contributed by atoms with van der Waals surface area (Å²) in [4.78, 5) is 15.9. The second kappa shape index (κ2) is 6.14. The van der Waals surface area contributed by atoms with Gasteiger partial charge in [-0.2, -0.15) is 0 Å². The van der Waals surface area contributed by atoms with Crippen LogP contribution in [-0.4, -0.2) is 17.9 Å². The smallest absolute Gasteiger partial charge is 0.258 e. The Morgan fingerprint density at radius 2 is 2.15 bits per heavy atom. The van der Waals surface area contributed by atoms with Crippen LogP contribution in [0.4, 0.5) is 15.9 Å². The first-order valence-corrected chi connectivity index (χ1v) is 6.38. The Hall–Kier alpha value is -2.43. The number of anilines is 2. The van der Waals surface area contributed by atoms with Crippen LogP contribution in [0.3, 0.4) is 0 Å². The molecule has 2 aromatic rings. The fourth-order valence-electron chi connectivity index (χ4n) is 1.86. The Labute approximate surface area is 117 Å². The van der Waals surface area contributed by atoms with Crippen LogP contribution in [0.5, 0.6) is 0 Å². The van der Waals surface area contributed by atoms with Gasteiger partial charge in [0, 0.05) is 18.9 Å². The third kappa shape index (κ3) is 2.93. The zero-order chi connectivity index (χ0) is 14.5. The molecule has 1 amide bonds. The van der Waals surface area contributed by atoms with E-state index < -0.39 is 11.7 Å². The molecular formula is C15H16FN3O. The number of rotatable bonds is 4. The molecule has 2 rings (SSSR count). The van der Waals surface area contributed by atoms with E-state index in [4.69, 9.17) is 0 Å². The summed E-state index contributed by atoms with van der Waals surface area (Å²) >= 11 is 0. The number of carbonyl (C=O) groups excluding carboxylic acids is 1. The van der Waals surface area contributed by atoms with Gasteiger partial charge in [0.1, 0.15) is 0 Å². The summed E-state index contributed by atoms with van der Waals surface area (Å²) in [7, 11) is 1.55. The number of amides is 1. The SMILES string of the molecule is CCc1cccc(NC(=O)c2ccnc(NC)c2F)c1. The molecule has 1 heterocycles. The molecule has 0 fully saturated rings. The van der Waals surface area contributed by atoms with Crippen LogP contribution in [0.2, 0.25) is 0 Å². The monoisotopic (exact) mass is 273 g/mol. The van der Waals surface area contributed by atoms with Crippen LogP contribution in [0.25, 0.3) is 0 Å². The maximum atomic E-state index is 14.0. The quantitative estimate of drug-likeness (QED) is 0.900. The fraction of sp³-hybridized carbons (Fsp3) is 0.200. The lowest BCUT2D eigenvalue weighted by atomic mass is 10.1. The van der Waals surface area contributed by atoms with E-state index in [0.717, 1.165) is 12.0 Å². The van der Waals surface area contributed by atoms with Gasteiger partial charge in [0.25, 0.3) is 5.91 Å². The van der Waals surface area contributed by atoms with Crippen molar-refractivity contribution in [2.24, 2.45) is 0 Å². The van der Waals surface area contributed by atoms with Gasteiger partial charge in [0.2, 0.25) is 0 Å². The van der Waals surface area contributed by atoms with Crippen molar-refractivity contribution in [3.8, 4) is 0 Å². The van der Waals surface area contributed by atoms with E-state index in [0.29, 0.717) is 5.69 Å². The maximum Gasteiger partial charge on any atom is 0.258 e. The van der Waals surface area contributed by atoms with E-state index in [1.165, 1.54) is 12.3 Å². The number of carbonyl (C=O) groups is 1. The van der Waals surface area contributed by atoms with Gasteiger partial charge in [0.15, 0.2) is 11.6 Å². The number of hydrogen-bond acceptors (Lipinski definition) is 3. The number of nitrogens with one attached hydrogen (secondary N) is 2. The summed E-state index contributed by atoms with van der Waals surface area (Å²) < 4.78 is 14.0. The van der Waals surface area contributed by atoms with Gasteiger partial charge < -0.3 is 10.6 Å². The second-order valence-corrected chi connectivity index (χ2v) is 4.28. The first-order chi connectivity index (χ1) is 9.65. The molecule has 0 unspecified atom stereocenters. The van der Waals surface area contributed by atoms with Gasteiger partial charge in [-0.15, -0.1) is 0 Å². The number of benzene rings is 1. The van der Waals surface area contributed by atoms with Crippen molar-refractivity contribution < 1.29 is 9.18 Å². The van der Waals surface area contributed by atoms with Gasteiger partial charge in [-0.3, -0.25) is 4.79 Å². The molecule has 0 aliphatic rings.